The molecule has 130 valence electrons. The van der Waals surface area contributed by atoms with Crippen molar-refractivity contribution in [3.63, 3.8) is 0 Å². The molecule has 0 bridgehead atoms. The first-order chi connectivity index (χ1) is 11.9. The standard InChI is InChI=1S/C18H19N3O4/c1-4-25-18(24)13-5-7-14(8-6-13)20-16(22)10-15(17(20)23)21-12(3)9-11(2)19-21/h5-9,15H,4,10H2,1-3H3. The average Bonchev–Trinajstić information content (AvgIpc) is 3.06. The van der Waals surface area contributed by atoms with Crippen molar-refractivity contribution in [2.75, 3.05) is 11.5 Å². The first kappa shape index (κ1) is 16.9. The second-order valence-electron chi connectivity index (χ2n) is 5.93. The Morgan fingerprint density at radius 2 is 1.92 bits per heavy atom. The first-order valence-electron chi connectivity index (χ1n) is 8.09. The van der Waals surface area contributed by atoms with Crippen molar-refractivity contribution in [1.82, 2.24) is 9.78 Å². The fourth-order valence-electron chi connectivity index (χ4n) is 3.00. The Labute approximate surface area is 145 Å². The van der Waals surface area contributed by atoms with Crippen LogP contribution in [0, 0.1) is 13.8 Å². The Morgan fingerprint density at radius 3 is 2.48 bits per heavy atom. The van der Waals surface area contributed by atoms with E-state index in [1.54, 1.807) is 35.9 Å². The lowest BCUT2D eigenvalue weighted by atomic mass is 10.2. The minimum absolute atomic E-state index is 0.0699. The van der Waals surface area contributed by atoms with E-state index < -0.39 is 12.0 Å². The quantitative estimate of drug-likeness (QED) is 0.629. The SMILES string of the molecule is CCOC(=O)c1ccc(N2C(=O)CC(n3nc(C)cc3C)C2=O)cc1. The number of amides is 2. The van der Waals surface area contributed by atoms with E-state index in [-0.39, 0.29) is 24.8 Å². The summed E-state index contributed by atoms with van der Waals surface area (Å²) in [4.78, 5) is 38.0. The average molecular weight is 341 g/mol. The smallest absolute Gasteiger partial charge is 0.338 e. The van der Waals surface area contributed by atoms with Crippen molar-refractivity contribution in [1.29, 1.82) is 0 Å². The topological polar surface area (TPSA) is 81.5 Å². The van der Waals surface area contributed by atoms with Crippen molar-refractivity contribution in [2.24, 2.45) is 0 Å². The van der Waals surface area contributed by atoms with Crippen LogP contribution in [0.1, 0.15) is 41.1 Å². The molecule has 1 aromatic carbocycles. The molecule has 1 atom stereocenters. The summed E-state index contributed by atoms with van der Waals surface area (Å²) in [6.07, 6.45) is 0.0699. The molecule has 1 aliphatic rings. The summed E-state index contributed by atoms with van der Waals surface area (Å²) in [6, 6.07) is 7.48. The van der Waals surface area contributed by atoms with E-state index in [0.717, 1.165) is 16.3 Å². The number of nitrogens with zero attached hydrogens (tertiary/aromatic N) is 3. The number of ether oxygens (including phenoxy) is 1. The number of benzene rings is 1. The monoisotopic (exact) mass is 341 g/mol. The Balaban J connectivity index is 1.85. The third-order valence-corrected chi connectivity index (χ3v) is 4.10. The van der Waals surface area contributed by atoms with E-state index in [1.807, 2.05) is 19.9 Å². The van der Waals surface area contributed by atoms with Crippen LogP contribution in [0.3, 0.4) is 0 Å². The van der Waals surface area contributed by atoms with Crippen molar-refractivity contribution >= 4 is 23.5 Å². The van der Waals surface area contributed by atoms with E-state index in [0.29, 0.717) is 11.3 Å². The lowest BCUT2D eigenvalue weighted by Crippen LogP contribution is -2.31. The molecule has 0 spiro atoms. The summed E-state index contributed by atoms with van der Waals surface area (Å²) in [5, 5.41) is 4.32. The van der Waals surface area contributed by atoms with Gasteiger partial charge in [-0.25, -0.2) is 9.69 Å². The summed E-state index contributed by atoms with van der Waals surface area (Å²) < 4.78 is 6.53. The molecular formula is C18H19N3O4. The summed E-state index contributed by atoms with van der Waals surface area (Å²) in [5.41, 5.74) is 2.45. The van der Waals surface area contributed by atoms with Gasteiger partial charge in [0.1, 0.15) is 6.04 Å². The zero-order chi connectivity index (χ0) is 18.1. The van der Waals surface area contributed by atoms with Gasteiger partial charge in [0.2, 0.25) is 5.91 Å². The van der Waals surface area contributed by atoms with Crippen LogP contribution in [0.15, 0.2) is 30.3 Å². The Bertz CT molecular complexity index is 839. The van der Waals surface area contributed by atoms with Gasteiger partial charge in [-0.15, -0.1) is 0 Å². The Hall–Kier alpha value is -2.96. The number of imide groups is 1. The van der Waals surface area contributed by atoms with E-state index in [2.05, 4.69) is 5.10 Å². The van der Waals surface area contributed by atoms with Gasteiger partial charge in [-0.1, -0.05) is 0 Å². The van der Waals surface area contributed by atoms with Gasteiger partial charge in [-0.05, 0) is 51.1 Å². The number of esters is 1. The zero-order valence-electron chi connectivity index (χ0n) is 14.4. The van der Waals surface area contributed by atoms with E-state index >= 15 is 0 Å². The molecule has 25 heavy (non-hydrogen) atoms. The number of aromatic nitrogens is 2. The van der Waals surface area contributed by atoms with Gasteiger partial charge in [0, 0.05) is 5.69 Å². The zero-order valence-corrected chi connectivity index (χ0v) is 14.4. The normalized spacial score (nSPS) is 17.2. The van der Waals surface area contributed by atoms with E-state index in [4.69, 9.17) is 4.74 Å². The molecule has 1 saturated heterocycles. The maximum atomic E-state index is 12.8. The fourth-order valence-corrected chi connectivity index (χ4v) is 3.00. The molecule has 0 radical (unpaired) electrons. The number of rotatable bonds is 4. The van der Waals surface area contributed by atoms with Gasteiger partial charge in [0.25, 0.3) is 5.91 Å². The second kappa shape index (κ2) is 6.51. The van der Waals surface area contributed by atoms with Gasteiger partial charge in [0.15, 0.2) is 0 Å². The lowest BCUT2D eigenvalue weighted by Gasteiger charge is -2.16. The fraction of sp³-hybridized carbons (Fsp3) is 0.333. The van der Waals surface area contributed by atoms with E-state index in [9.17, 15) is 14.4 Å². The third-order valence-electron chi connectivity index (χ3n) is 4.10. The van der Waals surface area contributed by atoms with Gasteiger partial charge in [-0.2, -0.15) is 5.10 Å². The number of aryl methyl sites for hydroxylation is 2. The van der Waals surface area contributed by atoms with Crippen LogP contribution in [0.25, 0.3) is 0 Å². The molecule has 1 fully saturated rings. The van der Waals surface area contributed by atoms with E-state index in [1.165, 1.54) is 0 Å². The first-order valence-corrected chi connectivity index (χ1v) is 8.09. The van der Waals surface area contributed by atoms with Gasteiger partial charge in [0.05, 0.1) is 30.0 Å². The minimum Gasteiger partial charge on any atom is -0.462 e. The maximum absolute atomic E-state index is 12.8. The highest BCUT2D eigenvalue weighted by molar-refractivity contribution is 6.21. The summed E-state index contributed by atoms with van der Waals surface area (Å²) in [6.45, 7) is 5.71. The summed E-state index contributed by atoms with van der Waals surface area (Å²) in [7, 11) is 0. The minimum atomic E-state index is -0.633. The predicted molar refractivity (Wildman–Crippen MR) is 90.2 cm³/mol. The highest BCUT2D eigenvalue weighted by atomic mass is 16.5. The molecule has 7 heteroatoms. The molecule has 2 amide bonds. The van der Waals surface area contributed by atoms with Crippen LogP contribution in [0.4, 0.5) is 5.69 Å². The summed E-state index contributed by atoms with van der Waals surface area (Å²) >= 11 is 0. The van der Waals surface area contributed by atoms with Crippen LogP contribution in [-0.2, 0) is 14.3 Å². The molecule has 3 rings (SSSR count). The molecule has 1 aliphatic heterocycles. The number of hydrogen-bond donors (Lipinski definition) is 0. The molecular weight excluding hydrogens is 322 g/mol. The van der Waals surface area contributed by atoms with Crippen LogP contribution in [-0.4, -0.2) is 34.2 Å². The lowest BCUT2D eigenvalue weighted by molar-refractivity contribution is -0.122. The van der Waals surface area contributed by atoms with Gasteiger partial charge in [-0.3, -0.25) is 14.3 Å². The molecule has 0 N–H and O–H groups in total. The van der Waals surface area contributed by atoms with Crippen LogP contribution in [0.5, 0.6) is 0 Å². The van der Waals surface area contributed by atoms with Crippen LogP contribution >= 0.6 is 0 Å². The van der Waals surface area contributed by atoms with Crippen molar-refractivity contribution < 1.29 is 19.1 Å². The number of carbonyl (C=O) groups excluding carboxylic acids is 3. The largest absolute Gasteiger partial charge is 0.462 e. The van der Waals surface area contributed by atoms with Crippen LogP contribution < -0.4 is 4.90 Å². The highest BCUT2D eigenvalue weighted by Crippen LogP contribution is 2.30. The predicted octanol–water partition coefficient (Wildman–Crippen LogP) is 2.18. The maximum Gasteiger partial charge on any atom is 0.338 e. The van der Waals surface area contributed by atoms with Crippen molar-refractivity contribution in [3.05, 3.63) is 47.3 Å². The molecule has 2 heterocycles. The second-order valence-corrected chi connectivity index (χ2v) is 5.93. The highest BCUT2D eigenvalue weighted by Gasteiger charge is 2.41. The molecule has 1 aromatic heterocycles. The molecule has 0 saturated carbocycles. The number of anilines is 1. The molecule has 0 aliphatic carbocycles. The van der Waals surface area contributed by atoms with Gasteiger partial charge >= 0.3 is 5.97 Å². The molecule has 2 aromatic rings. The number of hydrogen-bond acceptors (Lipinski definition) is 5. The Morgan fingerprint density at radius 1 is 1.24 bits per heavy atom. The van der Waals surface area contributed by atoms with Crippen molar-refractivity contribution in [3.8, 4) is 0 Å². The molecule has 1 unspecified atom stereocenters. The number of carbonyl (C=O) groups is 3. The Kier molecular flexibility index (Phi) is 4.39. The summed E-state index contributed by atoms with van der Waals surface area (Å²) in [5.74, 6) is -1.04. The van der Waals surface area contributed by atoms with Gasteiger partial charge < -0.3 is 4.74 Å². The van der Waals surface area contributed by atoms with Crippen LogP contribution in [0.2, 0.25) is 0 Å². The van der Waals surface area contributed by atoms with Crippen molar-refractivity contribution in [2.45, 2.75) is 33.2 Å². The third kappa shape index (κ3) is 3.05. The molecule has 7 nitrogen and oxygen atoms in total.